The molecule has 1 aromatic rings. The molecule has 0 radical (unpaired) electrons. The molecule has 1 heterocycles. The van der Waals surface area contributed by atoms with Gasteiger partial charge in [-0.15, -0.1) is 0 Å². The first-order valence-corrected chi connectivity index (χ1v) is 10.3. The van der Waals surface area contributed by atoms with Crippen LogP contribution in [-0.4, -0.2) is 41.1 Å². The van der Waals surface area contributed by atoms with Crippen LogP contribution in [0.25, 0.3) is 0 Å². The highest BCUT2D eigenvalue weighted by atomic mass is 35.5. The third kappa shape index (κ3) is 4.43. The molecule has 2 unspecified atom stereocenters. The largest absolute Gasteiger partial charge is 0.444 e. The molecule has 4 atom stereocenters. The normalized spacial score (nSPS) is 24.1. The molecular weight excluding hydrogens is 413 g/mol. The predicted molar refractivity (Wildman–Crippen MR) is 110 cm³/mol. The van der Waals surface area contributed by atoms with Crippen molar-refractivity contribution in [1.29, 1.82) is 0 Å². The van der Waals surface area contributed by atoms with Gasteiger partial charge in [0, 0.05) is 24.6 Å². The average Bonchev–Trinajstić information content (AvgIpc) is 3.11. The number of benzene rings is 1. The number of carbonyl (C=O) groups is 2. The zero-order chi connectivity index (χ0) is 22.4. The van der Waals surface area contributed by atoms with Gasteiger partial charge in [0.2, 0.25) is 5.91 Å². The molecule has 2 aliphatic rings. The fraction of sp³-hybridized carbons (Fsp3) is 0.619. The number of rotatable bonds is 5. The number of likely N-dealkylation sites (tertiary alicyclic amines) is 1. The summed E-state index contributed by atoms with van der Waals surface area (Å²) in [5, 5.41) is 5.81. The van der Waals surface area contributed by atoms with Crippen molar-refractivity contribution in [3.05, 3.63) is 39.5 Å². The van der Waals surface area contributed by atoms with Gasteiger partial charge in [-0.1, -0.05) is 28.9 Å². The molecule has 1 N–H and O–H groups in total. The topological polar surface area (TPSA) is 88.1 Å². The Labute approximate surface area is 180 Å². The molecule has 7 nitrogen and oxygen atoms in total. The van der Waals surface area contributed by atoms with Crippen LogP contribution >= 0.6 is 11.6 Å². The molecule has 3 rings (SSSR count). The van der Waals surface area contributed by atoms with Gasteiger partial charge in [0.15, 0.2) is 0 Å². The molecule has 0 aromatic heterocycles. The van der Waals surface area contributed by atoms with Crippen LogP contribution in [0.2, 0.25) is 5.02 Å². The Morgan fingerprint density at radius 1 is 1.23 bits per heavy atom. The standard InChI is InChI=1S/C21H27ClFN3O4/c1-20(2,3)30-19(28)26-9-12-13(10-26)15(12)18(27)24-21(4,5)17(25-29)11-7-6-8-14(22)16(11)23/h6-8,12-13,15,17H,9-10H2,1-5H3,(H,24,27)/t12-,13+,15?,17?. The van der Waals surface area contributed by atoms with Crippen molar-refractivity contribution in [2.24, 2.45) is 22.9 Å². The molecule has 2 fully saturated rings. The fourth-order valence-electron chi connectivity index (χ4n) is 4.17. The highest BCUT2D eigenvalue weighted by Gasteiger charge is 2.61. The van der Waals surface area contributed by atoms with Crippen LogP contribution in [0.3, 0.4) is 0 Å². The molecule has 1 aromatic carbocycles. The minimum Gasteiger partial charge on any atom is -0.444 e. The summed E-state index contributed by atoms with van der Waals surface area (Å²) >= 11 is 5.83. The Hall–Kier alpha value is -2.22. The maximum Gasteiger partial charge on any atom is 0.410 e. The van der Waals surface area contributed by atoms with Crippen molar-refractivity contribution in [2.75, 3.05) is 13.1 Å². The summed E-state index contributed by atoms with van der Waals surface area (Å²) in [6.07, 6.45) is -0.379. The van der Waals surface area contributed by atoms with Gasteiger partial charge in [-0.25, -0.2) is 9.18 Å². The molecule has 0 spiro atoms. The van der Waals surface area contributed by atoms with Gasteiger partial charge in [0.1, 0.15) is 17.5 Å². The number of nitrogens with one attached hydrogen (secondary N) is 1. The lowest BCUT2D eigenvalue weighted by Crippen LogP contribution is -2.49. The minimum atomic E-state index is -1.14. The van der Waals surface area contributed by atoms with Crippen LogP contribution in [0.1, 0.15) is 46.2 Å². The molecule has 2 amide bonds. The van der Waals surface area contributed by atoms with Gasteiger partial charge in [-0.2, -0.15) is 4.91 Å². The number of hydrogen-bond acceptors (Lipinski definition) is 5. The summed E-state index contributed by atoms with van der Waals surface area (Å²) < 4.78 is 19.8. The Bertz CT molecular complexity index is 858. The number of ether oxygens (including phenoxy) is 1. The fourth-order valence-corrected chi connectivity index (χ4v) is 4.35. The van der Waals surface area contributed by atoms with Crippen LogP contribution in [-0.2, 0) is 9.53 Å². The highest BCUT2D eigenvalue weighted by Crippen LogP contribution is 2.52. The second-order valence-electron chi connectivity index (χ2n) is 9.60. The molecule has 164 valence electrons. The van der Waals surface area contributed by atoms with E-state index in [4.69, 9.17) is 16.3 Å². The Kier molecular flexibility index (Phi) is 5.84. The zero-order valence-corrected chi connectivity index (χ0v) is 18.5. The number of piperidine rings is 1. The van der Waals surface area contributed by atoms with E-state index in [0.29, 0.717) is 13.1 Å². The van der Waals surface area contributed by atoms with Crippen LogP contribution in [0.15, 0.2) is 23.4 Å². The molecule has 1 saturated heterocycles. The smallest absolute Gasteiger partial charge is 0.410 e. The summed E-state index contributed by atoms with van der Waals surface area (Å²) in [5.41, 5.74) is -1.65. The Balaban J connectivity index is 1.62. The van der Waals surface area contributed by atoms with E-state index in [2.05, 4.69) is 10.5 Å². The van der Waals surface area contributed by atoms with Gasteiger partial charge in [0.25, 0.3) is 0 Å². The van der Waals surface area contributed by atoms with E-state index in [1.807, 2.05) is 0 Å². The van der Waals surface area contributed by atoms with Crippen molar-refractivity contribution < 1.29 is 18.7 Å². The Morgan fingerprint density at radius 3 is 2.37 bits per heavy atom. The summed E-state index contributed by atoms with van der Waals surface area (Å²) in [4.78, 5) is 38.2. The first-order valence-electron chi connectivity index (χ1n) is 9.92. The van der Waals surface area contributed by atoms with Gasteiger partial charge in [-0.05, 0) is 52.5 Å². The summed E-state index contributed by atoms with van der Waals surface area (Å²) in [6.45, 7) is 9.58. The first-order chi connectivity index (χ1) is 13.9. The van der Waals surface area contributed by atoms with Crippen molar-refractivity contribution >= 4 is 23.6 Å². The van der Waals surface area contributed by atoms with Crippen LogP contribution in [0, 0.1) is 28.5 Å². The maximum absolute atomic E-state index is 14.4. The van der Waals surface area contributed by atoms with Crippen molar-refractivity contribution in [3.63, 3.8) is 0 Å². The number of carbonyl (C=O) groups excluding carboxylic acids is 2. The number of fused-ring (bicyclic) bond motifs is 1. The minimum absolute atomic E-state index is 0.0369. The number of halogens is 2. The molecule has 1 aliphatic heterocycles. The van der Waals surface area contributed by atoms with E-state index < -0.39 is 23.0 Å². The molecule has 9 heteroatoms. The van der Waals surface area contributed by atoms with E-state index in [0.717, 1.165) is 0 Å². The van der Waals surface area contributed by atoms with Crippen LogP contribution in [0.5, 0.6) is 0 Å². The van der Waals surface area contributed by atoms with Crippen molar-refractivity contribution in [2.45, 2.75) is 51.8 Å². The lowest BCUT2D eigenvalue weighted by molar-refractivity contribution is -0.125. The summed E-state index contributed by atoms with van der Waals surface area (Å²) in [7, 11) is 0. The molecule has 1 saturated carbocycles. The first kappa shape index (κ1) is 22.5. The zero-order valence-electron chi connectivity index (χ0n) is 17.7. The van der Waals surface area contributed by atoms with Crippen LogP contribution in [0.4, 0.5) is 9.18 Å². The van der Waals surface area contributed by atoms with Crippen molar-refractivity contribution in [1.82, 2.24) is 10.2 Å². The van der Waals surface area contributed by atoms with E-state index in [-0.39, 0.29) is 40.3 Å². The predicted octanol–water partition coefficient (Wildman–Crippen LogP) is 4.29. The van der Waals surface area contributed by atoms with E-state index in [1.165, 1.54) is 18.2 Å². The van der Waals surface area contributed by atoms with E-state index >= 15 is 0 Å². The maximum atomic E-state index is 14.4. The second-order valence-corrected chi connectivity index (χ2v) is 10.0. The lowest BCUT2D eigenvalue weighted by atomic mass is 9.88. The number of amides is 2. The molecular formula is C21H27ClFN3O4. The van der Waals surface area contributed by atoms with Crippen LogP contribution < -0.4 is 5.32 Å². The van der Waals surface area contributed by atoms with Gasteiger partial charge < -0.3 is 15.0 Å². The third-order valence-corrected chi connectivity index (χ3v) is 5.95. The van der Waals surface area contributed by atoms with Gasteiger partial charge >= 0.3 is 6.09 Å². The van der Waals surface area contributed by atoms with E-state index in [9.17, 15) is 18.9 Å². The number of hydrogen-bond donors (Lipinski definition) is 1. The van der Waals surface area contributed by atoms with Gasteiger partial charge in [0.05, 0.1) is 10.6 Å². The lowest BCUT2D eigenvalue weighted by Gasteiger charge is -2.32. The van der Waals surface area contributed by atoms with Gasteiger partial charge in [-0.3, -0.25) is 4.79 Å². The third-order valence-electron chi connectivity index (χ3n) is 5.66. The van der Waals surface area contributed by atoms with Crippen molar-refractivity contribution in [3.8, 4) is 0 Å². The number of nitrogens with zero attached hydrogens (tertiary/aromatic N) is 2. The monoisotopic (exact) mass is 439 g/mol. The molecule has 30 heavy (non-hydrogen) atoms. The Morgan fingerprint density at radius 2 is 1.83 bits per heavy atom. The second kappa shape index (κ2) is 7.80. The summed E-state index contributed by atoms with van der Waals surface area (Å²) in [6, 6.07) is 3.21. The van der Waals surface area contributed by atoms with E-state index in [1.54, 1.807) is 39.5 Å². The average molecular weight is 440 g/mol. The summed E-state index contributed by atoms with van der Waals surface area (Å²) in [5.74, 6) is -1.09. The number of nitroso groups, excluding NO2 is 1. The quantitative estimate of drug-likeness (QED) is 0.693. The molecule has 1 aliphatic carbocycles. The highest BCUT2D eigenvalue weighted by molar-refractivity contribution is 6.30. The SMILES string of the molecule is CC(C)(C)OC(=O)N1C[C@@H]2C(C(=O)NC(C)(C)C(N=O)c3cccc(Cl)c3F)[C@@H]2C1. The molecule has 0 bridgehead atoms.